The van der Waals surface area contributed by atoms with Crippen molar-refractivity contribution < 1.29 is 0 Å². The van der Waals surface area contributed by atoms with Gasteiger partial charge in [0.05, 0.1) is 0 Å². The van der Waals surface area contributed by atoms with Gasteiger partial charge in [-0.05, 0) is 30.7 Å². The summed E-state index contributed by atoms with van der Waals surface area (Å²) in [7, 11) is 4.14. The largest absolute Gasteiger partial charge is 0.374 e. The molecule has 1 N–H and O–H groups in total. The van der Waals surface area contributed by atoms with Crippen LogP contribution >= 0.6 is 0 Å². The first kappa shape index (κ1) is 13.2. The van der Waals surface area contributed by atoms with Crippen molar-refractivity contribution in [3.63, 3.8) is 0 Å². The highest BCUT2D eigenvalue weighted by Crippen LogP contribution is 2.27. The molecule has 3 rings (SSSR count). The van der Waals surface area contributed by atoms with Gasteiger partial charge in [0.25, 0.3) is 0 Å². The van der Waals surface area contributed by atoms with Gasteiger partial charge >= 0.3 is 0 Å². The Morgan fingerprint density at radius 3 is 3.10 bits per heavy atom. The van der Waals surface area contributed by atoms with Gasteiger partial charge in [-0.15, -0.1) is 0 Å². The third-order valence-electron chi connectivity index (χ3n) is 4.04. The van der Waals surface area contributed by atoms with E-state index in [9.17, 15) is 0 Å². The predicted molar refractivity (Wildman–Crippen MR) is 82.4 cm³/mol. The highest BCUT2D eigenvalue weighted by molar-refractivity contribution is 5.58. The minimum Gasteiger partial charge on any atom is -0.374 e. The molecule has 1 aromatic heterocycles. The van der Waals surface area contributed by atoms with Gasteiger partial charge in [0, 0.05) is 51.2 Å². The number of likely N-dealkylation sites (N-methyl/N-ethyl adjacent to an activating group) is 2. The molecule has 0 unspecified atom stereocenters. The topological polar surface area (TPSA) is 33.1 Å². The molecule has 0 spiro atoms. The quantitative estimate of drug-likeness (QED) is 0.897. The van der Waals surface area contributed by atoms with Crippen LogP contribution in [-0.2, 0) is 19.4 Å². The summed E-state index contributed by atoms with van der Waals surface area (Å²) >= 11 is 0. The van der Waals surface area contributed by atoms with Crippen LogP contribution in [0, 0.1) is 0 Å². The number of aromatic nitrogens is 2. The van der Waals surface area contributed by atoms with Crippen molar-refractivity contribution in [2.45, 2.75) is 19.4 Å². The van der Waals surface area contributed by atoms with E-state index in [1.807, 2.05) is 13.2 Å². The van der Waals surface area contributed by atoms with Crippen LogP contribution in [0.2, 0.25) is 0 Å². The van der Waals surface area contributed by atoms with Crippen molar-refractivity contribution in [3.8, 4) is 0 Å². The van der Waals surface area contributed by atoms with Crippen LogP contribution in [-0.4, -0.2) is 36.7 Å². The van der Waals surface area contributed by atoms with E-state index in [4.69, 9.17) is 0 Å². The summed E-state index contributed by atoms with van der Waals surface area (Å²) < 4.78 is 2.23. The molecule has 4 nitrogen and oxygen atoms in total. The molecule has 0 aliphatic carbocycles. The van der Waals surface area contributed by atoms with E-state index in [0.29, 0.717) is 0 Å². The Balaban J connectivity index is 1.77. The summed E-state index contributed by atoms with van der Waals surface area (Å²) in [6.45, 7) is 3.08. The van der Waals surface area contributed by atoms with Gasteiger partial charge < -0.3 is 14.8 Å². The Kier molecular flexibility index (Phi) is 3.74. The van der Waals surface area contributed by atoms with Gasteiger partial charge in [-0.1, -0.05) is 12.1 Å². The average molecular weight is 270 g/mol. The fourth-order valence-corrected chi connectivity index (χ4v) is 2.86. The zero-order valence-electron chi connectivity index (χ0n) is 12.3. The normalized spacial score (nSPS) is 13.8. The Bertz CT molecular complexity index is 588. The fourth-order valence-electron chi connectivity index (χ4n) is 2.86. The third-order valence-corrected chi connectivity index (χ3v) is 4.04. The summed E-state index contributed by atoms with van der Waals surface area (Å²) in [6.07, 6.45) is 6.03. The van der Waals surface area contributed by atoms with E-state index >= 15 is 0 Å². The summed E-state index contributed by atoms with van der Waals surface area (Å²) in [5.74, 6) is 1.14. The van der Waals surface area contributed by atoms with Crippen molar-refractivity contribution in [1.29, 1.82) is 0 Å². The number of fused-ring (bicyclic) bond motifs is 1. The van der Waals surface area contributed by atoms with E-state index in [-0.39, 0.29) is 0 Å². The molecule has 2 heterocycles. The molecule has 0 bridgehead atoms. The second-order valence-corrected chi connectivity index (χ2v) is 5.45. The molecule has 0 atom stereocenters. The van der Waals surface area contributed by atoms with Gasteiger partial charge in [0.2, 0.25) is 0 Å². The number of benzene rings is 1. The molecule has 1 aliphatic rings. The van der Waals surface area contributed by atoms with Crippen molar-refractivity contribution in [2.24, 2.45) is 0 Å². The van der Waals surface area contributed by atoms with E-state index in [2.05, 4.69) is 51.2 Å². The maximum Gasteiger partial charge on any atom is 0.113 e. The number of hydrogen-bond acceptors (Lipinski definition) is 3. The van der Waals surface area contributed by atoms with Crippen molar-refractivity contribution in [2.75, 3.05) is 32.1 Å². The van der Waals surface area contributed by atoms with Crippen LogP contribution in [0.15, 0.2) is 30.6 Å². The first-order chi connectivity index (χ1) is 9.78. The number of imidazole rings is 1. The van der Waals surface area contributed by atoms with Crippen LogP contribution < -0.4 is 10.2 Å². The molecule has 2 aromatic rings. The molecule has 0 radical (unpaired) electrons. The van der Waals surface area contributed by atoms with Gasteiger partial charge in [0.15, 0.2) is 0 Å². The van der Waals surface area contributed by atoms with E-state index < -0.39 is 0 Å². The number of hydrogen-bond donors (Lipinski definition) is 1. The van der Waals surface area contributed by atoms with E-state index in [1.165, 1.54) is 16.8 Å². The van der Waals surface area contributed by atoms with Crippen LogP contribution in [0.1, 0.15) is 17.0 Å². The molecule has 0 saturated carbocycles. The van der Waals surface area contributed by atoms with Crippen molar-refractivity contribution in [1.82, 2.24) is 14.9 Å². The monoisotopic (exact) mass is 270 g/mol. The minimum absolute atomic E-state index is 0.910. The molecule has 0 fully saturated rings. The van der Waals surface area contributed by atoms with Crippen LogP contribution in [0.3, 0.4) is 0 Å². The van der Waals surface area contributed by atoms with Gasteiger partial charge in [0.1, 0.15) is 5.82 Å². The van der Waals surface area contributed by atoms with Gasteiger partial charge in [-0.3, -0.25) is 0 Å². The minimum atomic E-state index is 0.910. The molecule has 0 saturated heterocycles. The summed E-state index contributed by atoms with van der Waals surface area (Å²) in [5, 5.41) is 3.18. The Morgan fingerprint density at radius 1 is 1.35 bits per heavy atom. The lowest BCUT2D eigenvalue weighted by atomic mass is 10.1. The zero-order valence-corrected chi connectivity index (χ0v) is 12.3. The summed E-state index contributed by atoms with van der Waals surface area (Å²) in [5.41, 5.74) is 4.21. The first-order valence-corrected chi connectivity index (χ1v) is 7.25. The number of nitrogens with one attached hydrogen (secondary N) is 1. The van der Waals surface area contributed by atoms with Crippen molar-refractivity contribution in [3.05, 3.63) is 47.5 Å². The lowest BCUT2D eigenvalue weighted by molar-refractivity contribution is 0.621. The van der Waals surface area contributed by atoms with Gasteiger partial charge in [-0.2, -0.15) is 0 Å². The molecule has 1 aliphatic heterocycles. The molecule has 4 heteroatoms. The molecule has 0 amide bonds. The smallest absolute Gasteiger partial charge is 0.113 e. The Morgan fingerprint density at radius 2 is 2.25 bits per heavy atom. The lowest BCUT2D eigenvalue weighted by Crippen LogP contribution is -2.16. The molecular formula is C16H22N4. The number of rotatable bonds is 5. The second-order valence-electron chi connectivity index (χ2n) is 5.45. The third kappa shape index (κ3) is 2.56. The van der Waals surface area contributed by atoms with Crippen LogP contribution in [0.5, 0.6) is 0 Å². The van der Waals surface area contributed by atoms with Crippen LogP contribution in [0.25, 0.3) is 0 Å². The lowest BCUT2D eigenvalue weighted by Gasteiger charge is -2.12. The van der Waals surface area contributed by atoms with Crippen molar-refractivity contribution >= 4 is 5.69 Å². The summed E-state index contributed by atoms with van der Waals surface area (Å²) in [6, 6.07) is 6.83. The SMILES string of the molecule is CNCCn1ccnc1Cc1ccc2c(c1)CCN2C. The van der Waals surface area contributed by atoms with E-state index in [0.717, 1.165) is 38.3 Å². The first-order valence-electron chi connectivity index (χ1n) is 7.25. The highest BCUT2D eigenvalue weighted by Gasteiger charge is 2.16. The molecule has 106 valence electrons. The molecular weight excluding hydrogens is 248 g/mol. The molecule has 20 heavy (non-hydrogen) atoms. The number of nitrogens with zero attached hydrogens (tertiary/aromatic N) is 3. The maximum absolute atomic E-state index is 4.50. The number of anilines is 1. The van der Waals surface area contributed by atoms with Gasteiger partial charge in [-0.25, -0.2) is 4.98 Å². The Hall–Kier alpha value is -1.81. The average Bonchev–Trinajstić information content (AvgIpc) is 3.04. The van der Waals surface area contributed by atoms with E-state index in [1.54, 1.807) is 0 Å². The highest BCUT2D eigenvalue weighted by atomic mass is 15.1. The maximum atomic E-state index is 4.50. The summed E-state index contributed by atoms with van der Waals surface area (Å²) in [4.78, 5) is 6.82. The fraction of sp³-hybridized carbons (Fsp3) is 0.438. The predicted octanol–water partition coefficient (Wildman–Crippen LogP) is 1.69. The standard InChI is InChI=1S/C16H22N4/c1-17-6-9-20-10-7-18-16(20)12-13-3-4-15-14(11-13)5-8-19(15)2/h3-4,7,10-11,17H,5-6,8-9,12H2,1-2H3. The zero-order chi connectivity index (χ0) is 13.9. The Labute approximate surface area is 120 Å². The second kappa shape index (κ2) is 5.67. The van der Waals surface area contributed by atoms with Crippen LogP contribution in [0.4, 0.5) is 5.69 Å². The molecule has 1 aromatic carbocycles.